The first kappa shape index (κ1) is 23.8. The molecule has 0 bridgehead atoms. The number of hydrogen-bond acceptors (Lipinski definition) is 5. The minimum absolute atomic E-state index is 0.0894. The van der Waals surface area contributed by atoms with E-state index < -0.39 is 16.8 Å². The molecule has 0 fully saturated rings. The number of hydrogen-bond donors (Lipinski definition) is 1. The lowest BCUT2D eigenvalue weighted by Crippen LogP contribution is -2.40. The lowest BCUT2D eigenvalue weighted by atomic mass is 10.2. The van der Waals surface area contributed by atoms with Gasteiger partial charge in [-0.25, -0.2) is 9.20 Å². The Morgan fingerprint density at radius 1 is 0.912 bits per heavy atom. The summed E-state index contributed by atoms with van der Waals surface area (Å²) in [5, 5.41) is 11.5. The van der Waals surface area contributed by atoms with E-state index in [1.165, 1.54) is 25.0 Å². The molecule has 1 N–H and O–H groups in total. The summed E-state index contributed by atoms with van der Waals surface area (Å²) in [6.07, 6.45) is 3.05. The van der Waals surface area contributed by atoms with Gasteiger partial charge in [0, 0.05) is 18.1 Å². The molecular formula is C24H28ClN5O4. The number of fused-ring (bicyclic) bond motifs is 3. The van der Waals surface area contributed by atoms with Gasteiger partial charge >= 0.3 is 5.69 Å². The minimum atomic E-state index is -0.528. The molecule has 180 valence electrons. The fourth-order valence-corrected chi connectivity index (χ4v) is 4.24. The average molecular weight is 486 g/mol. The molecule has 0 aliphatic rings. The Morgan fingerprint density at radius 3 is 2.15 bits per heavy atom. The molecule has 0 radical (unpaired) electrons. The van der Waals surface area contributed by atoms with Crippen LogP contribution >= 0.6 is 11.6 Å². The van der Waals surface area contributed by atoms with Gasteiger partial charge in [0.25, 0.3) is 11.1 Å². The summed E-state index contributed by atoms with van der Waals surface area (Å²) < 4.78 is 5.39. The smallest absolute Gasteiger partial charge is 0.332 e. The molecule has 34 heavy (non-hydrogen) atoms. The molecule has 10 heteroatoms. The topological polar surface area (TPSA) is 104 Å². The molecule has 0 unspecified atom stereocenters. The van der Waals surface area contributed by atoms with Crippen molar-refractivity contribution in [2.75, 3.05) is 0 Å². The minimum Gasteiger partial charge on any atom is -0.494 e. The van der Waals surface area contributed by atoms with Crippen molar-refractivity contribution in [3.05, 3.63) is 71.6 Å². The Labute approximate surface area is 200 Å². The normalized spacial score (nSPS) is 11.6. The summed E-state index contributed by atoms with van der Waals surface area (Å²) >= 11 is 6.00. The molecule has 0 amide bonds. The van der Waals surface area contributed by atoms with Crippen LogP contribution < -0.4 is 16.8 Å². The zero-order valence-corrected chi connectivity index (χ0v) is 20.3. The van der Waals surface area contributed by atoms with Crippen molar-refractivity contribution in [2.45, 2.75) is 66.1 Å². The molecule has 0 spiro atoms. The van der Waals surface area contributed by atoms with Gasteiger partial charge in [-0.15, -0.1) is 0 Å². The van der Waals surface area contributed by atoms with Crippen molar-refractivity contribution < 1.29 is 5.11 Å². The van der Waals surface area contributed by atoms with Crippen molar-refractivity contribution in [2.24, 2.45) is 0 Å². The van der Waals surface area contributed by atoms with Crippen LogP contribution in [0.4, 0.5) is 0 Å². The van der Waals surface area contributed by atoms with E-state index >= 15 is 0 Å². The number of benzene rings is 1. The number of aromatic hydroxyl groups is 1. The first-order chi connectivity index (χ1) is 16.3. The monoisotopic (exact) mass is 485 g/mol. The van der Waals surface area contributed by atoms with Crippen LogP contribution in [0.25, 0.3) is 16.9 Å². The van der Waals surface area contributed by atoms with Crippen LogP contribution in [0.3, 0.4) is 0 Å². The van der Waals surface area contributed by atoms with Crippen LogP contribution in [0, 0.1) is 6.92 Å². The number of halogens is 1. The predicted molar refractivity (Wildman–Crippen MR) is 132 cm³/mol. The number of nitrogens with zero attached hydrogens (tertiary/aromatic N) is 5. The molecule has 3 heterocycles. The Balaban J connectivity index is 2.11. The lowest BCUT2D eigenvalue weighted by Gasteiger charge is -2.12. The van der Waals surface area contributed by atoms with Gasteiger partial charge in [0.2, 0.25) is 11.7 Å². The maximum atomic E-state index is 13.5. The van der Waals surface area contributed by atoms with E-state index in [0.29, 0.717) is 18.0 Å². The van der Waals surface area contributed by atoms with Crippen LogP contribution in [0.5, 0.6) is 5.88 Å². The van der Waals surface area contributed by atoms with E-state index in [-0.39, 0.29) is 41.5 Å². The predicted octanol–water partition coefficient (Wildman–Crippen LogP) is 3.29. The number of rotatable bonds is 8. The molecule has 0 aliphatic heterocycles. The maximum Gasteiger partial charge on any atom is 0.332 e. The molecule has 0 aliphatic carbocycles. The number of aromatic nitrogens is 5. The lowest BCUT2D eigenvalue weighted by molar-refractivity contribution is 0.437. The number of imidazole rings is 1. The first-order valence-corrected chi connectivity index (χ1v) is 11.9. The van der Waals surface area contributed by atoms with Crippen molar-refractivity contribution in [3.63, 3.8) is 0 Å². The van der Waals surface area contributed by atoms with E-state index in [1.807, 2.05) is 13.8 Å². The zero-order valence-electron chi connectivity index (χ0n) is 19.5. The highest BCUT2D eigenvalue weighted by Crippen LogP contribution is 2.22. The van der Waals surface area contributed by atoms with Gasteiger partial charge in [-0.1, -0.05) is 50.4 Å². The highest BCUT2D eigenvalue weighted by molar-refractivity contribution is 6.30. The standard InChI is InChI=1S/C24H28ClN5O4/c1-4-6-12-27-19-18(22(33)28(24(27)34)13-7-5-2)30-21(32)15(3)20(31)29(23(30)26-19)14-16-8-10-17(25)11-9-16/h8-11,32H,4-7,12-14H2,1-3H3. The Hall–Kier alpha value is -3.33. The third-order valence-electron chi connectivity index (χ3n) is 6.09. The number of aryl methyl sites for hydroxylation is 1. The summed E-state index contributed by atoms with van der Waals surface area (Å²) in [6.45, 7) is 6.31. The highest BCUT2D eigenvalue weighted by Gasteiger charge is 2.24. The van der Waals surface area contributed by atoms with Gasteiger partial charge in [-0.2, -0.15) is 4.98 Å². The van der Waals surface area contributed by atoms with Crippen molar-refractivity contribution >= 4 is 28.5 Å². The summed E-state index contributed by atoms with van der Waals surface area (Å²) in [4.78, 5) is 44.5. The zero-order chi connectivity index (χ0) is 24.6. The second-order valence-corrected chi connectivity index (χ2v) is 8.92. The second kappa shape index (κ2) is 9.50. The first-order valence-electron chi connectivity index (χ1n) is 11.5. The SMILES string of the molecule is CCCCn1c(=O)c2c(nc3n(Cc4ccc(Cl)cc4)c(=O)c(C)c(O)n23)n(CCCC)c1=O. The summed E-state index contributed by atoms with van der Waals surface area (Å²) in [5.41, 5.74) is -0.232. The third kappa shape index (κ3) is 3.94. The van der Waals surface area contributed by atoms with Gasteiger partial charge in [0.1, 0.15) is 0 Å². The van der Waals surface area contributed by atoms with Crippen LogP contribution in [-0.4, -0.2) is 28.2 Å². The van der Waals surface area contributed by atoms with Crippen LogP contribution in [0.1, 0.15) is 50.7 Å². The quantitative estimate of drug-likeness (QED) is 0.412. The molecule has 4 rings (SSSR count). The molecule has 4 aromatic rings. The van der Waals surface area contributed by atoms with E-state index in [2.05, 4.69) is 4.98 Å². The summed E-state index contributed by atoms with van der Waals surface area (Å²) in [7, 11) is 0. The van der Waals surface area contributed by atoms with Crippen molar-refractivity contribution in [1.29, 1.82) is 0 Å². The molecule has 9 nitrogen and oxygen atoms in total. The molecule has 0 saturated carbocycles. The Bertz CT molecular complexity index is 1540. The fraction of sp³-hybridized carbons (Fsp3) is 0.417. The van der Waals surface area contributed by atoms with Crippen LogP contribution in [-0.2, 0) is 19.6 Å². The van der Waals surface area contributed by atoms with Gasteiger partial charge in [-0.3, -0.25) is 23.3 Å². The number of unbranched alkanes of at least 4 members (excludes halogenated alkanes) is 2. The average Bonchev–Trinajstić information content (AvgIpc) is 3.22. The maximum absolute atomic E-state index is 13.5. The van der Waals surface area contributed by atoms with Gasteiger partial charge in [0.05, 0.1) is 12.1 Å². The largest absolute Gasteiger partial charge is 0.494 e. The molecule has 3 aromatic heterocycles. The molecular weight excluding hydrogens is 458 g/mol. The van der Waals surface area contributed by atoms with E-state index in [9.17, 15) is 19.5 Å². The van der Waals surface area contributed by atoms with E-state index in [1.54, 1.807) is 24.3 Å². The van der Waals surface area contributed by atoms with E-state index in [4.69, 9.17) is 11.6 Å². The summed E-state index contributed by atoms with van der Waals surface area (Å²) in [5.74, 6) is -0.247. The van der Waals surface area contributed by atoms with Crippen molar-refractivity contribution in [1.82, 2.24) is 23.1 Å². The summed E-state index contributed by atoms with van der Waals surface area (Å²) in [6, 6.07) is 7.04. The van der Waals surface area contributed by atoms with Crippen LogP contribution in [0.15, 0.2) is 38.6 Å². The van der Waals surface area contributed by atoms with Crippen molar-refractivity contribution in [3.8, 4) is 5.88 Å². The molecule has 0 saturated heterocycles. The van der Waals surface area contributed by atoms with Gasteiger partial charge in [-0.05, 0) is 37.5 Å². The highest BCUT2D eigenvalue weighted by atomic mass is 35.5. The molecule has 0 atom stereocenters. The Kier molecular flexibility index (Phi) is 6.65. The van der Waals surface area contributed by atoms with Gasteiger partial charge < -0.3 is 5.11 Å². The van der Waals surface area contributed by atoms with E-state index in [0.717, 1.165) is 24.8 Å². The molecule has 1 aromatic carbocycles. The van der Waals surface area contributed by atoms with Gasteiger partial charge in [0.15, 0.2) is 11.2 Å². The van der Waals surface area contributed by atoms with Crippen LogP contribution in [0.2, 0.25) is 5.02 Å². The Morgan fingerprint density at radius 2 is 1.53 bits per heavy atom. The second-order valence-electron chi connectivity index (χ2n) is 8.48. The third-order valence-corrected chi connectivity index (χ3v) is 6.34. The fourth-order valence-electron chi connectivity index (χ4n) is 4.11.